The van der Waals surface area contributed by atoms with E-state index in [1.54, 1.807) is 30.6 Å². The Balaban J connectivity index is 1.92. The van der Waals surface area contributed by atoms with Crippen molar-refractivity contribution < 1.29 is 14.7 Å². The van der Waals surface area contributed by atoms with Crippen LogP contribution in [0.25, 0.3) is 11.0 Å². The summed E-state index contributed by atoms with van der Waals surface area (Å²) in [5, 5.41) is 8.91. The van der Waals surface area contributed by atoms with Gasteiger partial charge in [0.05, 0.1) is 11.0 Å². The zero-order valence-electron chi connectivity index (χ0n) is 10.7. The van der Waals surface area contributed by atoms with Crippen LogP contribution >= 0.6 is 0 Å². The molecule has 1 heterocycles. The van der Waals surface area contributed by atoms with Crippen molar-refractivity contribution in [1.29, 1.82) is 0 Å². The summed E-state index contributed by atoms with van der Waals surface area (Å²) in [7, 11) is 0. The lowest BCUT2D eigenvalue weighted by Gasteiger charge is -2.20. The Bertz CT molecular complexity index is 682. The minimum Gasteiger partial charge on any atom is -0.480 e. The lowest BCUT2D eigenvalue weighted by atomic mass is 10.1. The van der Waals surface area contributed by atoms with Gasteiger partial charge in [0, 0.05) is 24.0 Å². The van der Waals surface area contributed by atoms with E-state index in [0.29, 0.717) is 16.6 Å². The quantitative estimate of drug-likeness (QED) is 0.906. The molecule has 1 N–H and O–H groups in total. The summed E-state index contributed by atoms with van der Waals surface area (Å²) in [6.45, 7) is -0.262. The summed E-state index contributed by atoms with van der Waals surface area (Å²) < 4.78 is 0. The van der Waals surface area contributed by atoms with Crippen molar-refractivity contribution in [2.75, 3.05) is 6.54 Å². The molecule has 0 aliphatic heterocycles. The molecule has 102 valence electrons. The van der Waals surface area contributed by atoms with Crippen LogP contribution in [0.4, 0.5) is 0 Å². The van der Waals surface area contributed by atoms with E-state index in [1.807, 2.05) is 0 Å². The van der Waals surface area contributed by atoms with Gasteiger partial charge in [0.1, 0.15) is 6.54 Å². The largest absolute Gasteiger partial charge is 0.480 e. The lowest BCUT2D eigenvalue weighted by molar-refractivity contribution is -0.137. The predicted octanol–water partition coefficient (Wildman–Crippen LogP) is 1.32. The summed E-state index contributed by atoms with van der Waals surface area (Å²) >= 11 is 0. The molecule has 0 saturated heterocycles. The van der Waals surface area contributed by atoms with Gasteiger partial charge in [-0.15, -0.1) is 0 Å². The molecular weight excluding hydrogens is 258 g/mol. The molecule has 6 nitrogen and oxygen atoms in total. The second-order valence-corrected chi connectivity index (χ2v) is 4.82. The number of rotatable bonds is 4. The number of carboxylic acids is 1. The molecule has 0 spiro atoms. The molecule has 0 bridgehead atoms. The van der Waals surface area contributed by atoms with Gasteiger partial charge >= 0.3 is 5.97 Å². The molecule has 1 fully saturated rings. The molecule has 6 heteroatoms. The highest BCUT2D eigenvalue weighted by atomic mass is 16.4. The number of nitrogens with zero attached hydrogens (tertiary/aromatic N) is 3. The zero-order valence-corrected chi connectivity index (χ0v) is 10.7. The Labute approximate surface area is 115 Å². The number of hydrogen-bond acceptors (Lipinski definition) is 4. The number of benzene rings is 1. The van der Waals surface area contributed by atoms with E-state index >= 15 is 0 Å². The van der Waals surface area contributed by atoms with Gasteiger partial charge in [-0.1, -0.05) is 0 Å². The van der Waals surface area contributed by atoms with Gasteiger partial charge in [-0.2, -0.15) is 0 Å². The molecule has 1 aromatic carbocycles. The topological polar surface area (TPSA) is 83.4 Å². The van der Waals surface area contributed by atoms with Crippen molar-refractivity contribution in [2.45, 2.75) is 18.9 Å². The fourth-order valence-corrected chi connectivity index (χ4v) is 2.16. The second kappa shape index (κ2) is 4.88. The molecule has 1 saturated carbocycles. The normalized spacial score (nSPS) is 14.2. The second-order valence-electron chi connectivity index (χ2n) is 4.82. The van der Waals surface area contributed by atoms with Crippen LogP contribution in [-0.2, 0) is 4.79 Å². The maximum atomic E-state index is 12.4. The van der Waals surface area contributed by atoms with Gasteiger partial charge in [-0.3, -0.25) is 19.6 Å². The summed E-state index contributed by atoms with van der Waals surface area (Å²) in [6, 6.07) is 5.09. The van der Waals surface area contributed by atoms with E-state index < -0.39 is 5.97 Å². The SMILES string of the molecule is O=C(O)CN(C(=O)c1ccc2nccnc2c1)C1CC1. The minimum atomic E-state index is -0.995. The third-order valence-electron chi connectivity index (χ3n) is 3.27. The number of carbonyl (C=O) groups is 2. The summed E-state index contributed by atoms with van der Waals surface area (Å²) in [5.41, 5.74) is 1.79. The van der Waals surface area contributed by atoms with Crippen molar-refractivity contribution in [3.63, 3.8) is 0 Å². The Morgan fingerprint density at radius 3 is 2.55 bits per heavy atom. The molecule has 1 aliphatic rings. The van der Waals surface area contributed by atoms with Gasteiger partial charge in [0.15, 0.2) is 0 Å². The number of aliphatic carboxylic acids is 1. The number of aromatic nitrogens is 2. The maximum Gasteiger partial charge on any atom is 0.323 e. The number of hydrogen-bond donors (Lipinski definition) is 1. The van der Waals surface area contributed by atoms with Crippen molar-refractivity contribution in [2.24, 2.45) is 0 Å². The van der Waals surface area contributed by atoms with Crippen LogP contribution in [0.1, 0.15) is 23.2 Å². The highest BCUT2D eigenvalue weighted by Crippen LogP contribution is 2.28. The predicted molar refractivity (Wildman–Crippen MR) is 71.2 cm³/mol. The molecule has 0 radical (unpaired) electrons. The third-order valence-corrected chi connectivity index (χ3v) is 3.27. The van der Waals surface area contributed by atoms with E-state index in [4.69, 9.17) is 5.11 Å². The molecule has 20 heavy (non-hydrogen) atoms. The number of carboxylic acid groups (broad SMARTS) is 1. The van der Waals surface area contributed by atoms with Crippen molar-refractivity contribution in [3.8, 4) is 0 Å². The Kier molecular flexibility index (Phi) is 3.06. The molecule has 3 rings (SSSR count). The van der Waals surface area contributed by atoms with Crippen molar-refractivity contribution >= 4 is 22.9 Å². The van der Waals surface area contributed by atoms with Crippen molar-refractivity contribution in [3.05, 3.63) is 36.2 Å². The molecule has 1 aliphatic carbocycles. The van der Waals surface area contributed by atoms with Crippen LogP contribution in [-0.4, -0.2) is 44.4 Å². The highest BCUT2D eigenvalue weighted by molar-refractivity contribution is 5.98. The Morgan fingerprint density at radius 2 is 1.90 bits per heavy atom. The first-order chi connectivity index (χ1) is 9.65. The smallest absolute Gasteiger partial charge is 0.323 e. The van der Waals surface area contributed by atoms with Crippen LogP contribution in [0.3, 0.4) is 0 Å². The Hall–Kier alpha value is -2.50. The minimum absolute atomic E-state index is 0.0520. The standard InChI is InChI=1S/C14H13N3O3/c18-13(19)8-17(10-2-3-10)14(20)9-1-4-11-12(7-9)16-6-5-15-11/h1,4-7,10H,2-3,8H2,(H,18,19). The fraction of sp³-hybridized carbons (Fsp3) is 0.286. The van der Waals surface area contributed by atoms with E-state index in [9.17, 15) is 9.59 Å². The molecular formula is C14H13N3O3. The zero-order chi connectivity index (χ0) is 14.1. The number of amides is 1. The van der Waals surface area contributed by atoms with Crippen LogP contribution in [0.5, 0.6) is 0 Å². The van der Waals surface area contributed by atoms with E-state index in [0.717, 1.165) is 12.8 Å². The maximum absolute atomic E-state index is 12.4. The average Bonchev–Trinajstić information content (AvgIpc) is 3.28. The number of fused-ring (bicyclic) bond motifs is 1. The van der Waals surface area contributed by atoms with Crippen LogP contribution < -0.4 is 0 Å². The molecule has 0 atom stereocenters. The first-order valence-corrected chi connectivity index (χ1v) is 6.38. The average molecular weight is 271 g/mol. The van der Waals surface area contributed by atoms with E-state index in [-0.39, 0.29) is 18.5 Å². The van der Waals surface area contributed by atoms with Gasteiger partial charge in [-0.05, 0) is 31.0 Å². The van der Waals surface area contributed by atoms with Gasteiger partial charge in [0.25, 0.3) is 5.91 Å². The molecule has 2 aromatic rings. The van der Waals surface area contributed by atoms with Crippen LogP contribution in [0.15, 0.2) is 30.6 Å². The number of carbonyl (C=O) groups excluding carboxylic acids is 1. The Morgan fingerprint density at radius 1 is 1.20 bits per heavy atom. The molecule has 1 aromatic heterocycles. The summed E-state index contributed by atoms with van der Waals surface area (Å²) in [4.78, 5) is 33.0. The van der Waals surface area contributed by atoms with Crippen molar-refractivity contribution in [1.82, 2.24) is 14.9 Å². The third kappa shape index (κ3) is 2.45. The van der Waals surface area contributed by atoms with E-state index in [2.05, 4.69) is 9.97 Å². The fourth-order valence-electron chi connectivity index (χ4n) is 2.16. The summed E-state index contributed by atoms with van der Waals surface area (Å²) in [5.74, 6) is -1.26. The van der Waals surface area contributed by atoms with Gasteiger partial charge < -0.3 is 10.0 Å². The van der Waals surface area contributed by atoms with Gasteiger partial charge in [-0.25, -0.2) is 0 Å². The van der Waals surface area contributed by atoms with Crippen LogP contribution in [0.2, 0.25) is 0 Å². The van der Waals surface area contributed by atoms with E-state index in [1.165, 1.54) is 4.90 Å². The lowest BCUT2D eigenvalue weighted by Crippen LogP contribution is -2.37. The monoisotopic (exact) mass is 271 g/mol. The summed E-state index contributed by atoms with van der Waals surface area (Å²) in [6.07, 6.45) is 4.88. The molecule has 1 amide bonds. The molecule has 0 unspecified atom stereocenters. The first-order valence-electron chi connectivity index (χ1n) is 6.38. The van der Waals surface area contributed by atoms with Crippen LogP contribution in [0, 0.1) is 0 Å². The van der Waals surface area contributed by atoms with Gasteiger partial charge in [0.2, 0.25) is 0 Å². The first kappa shape index (κ1) is 12.5. The highest BCUT2D eigenvalue weighted by Gasteiger charge is 2.34.